The number of alkyl halides is 3. The Morgan fingerprint density at radius 2 is 2.07 bits per heavy atom. The predicted molar refractivity (Wildman–Crippen MR) is 47.6 cm³/mol. The van der Waals surface area contributed by atoms with E-state index in [-0.39, 0.29) is 10.9 Å². The van der Waals surface area contributed by atoms with Gasteiger partial charge in [-0.15, -0.1) is 0 Å². The van der Waals surface area contributed by atoms with E-state index in [0.717, 1.165) is 0 Å². The molecule has 0 aliphatic heterocycles. The molecule has 1 aromatic heterocycles. The molecule has 0 atom stereocenters. The van der Waals surface area contributed by atoms with Gasteiger partial charge in [0.1, 0.15) is 11.4 Å². The second kappa shape index (κ2) is 3.15. The van der Waals surface area contributed by atoms with Crippen LogP contribution in [0.25, 0.3) is 10.9 Å². The minimum absolute atomic E-state index is 0.0156. The number of aromatic amines is 1. The summed E-state index contributed by atoms with van der Waals surface area (Å²) >= 11 is 0. The second-order valence-corrected chi connectivity index (χ2v) is 2.98. The van der Waals surface area contributed by atoms with Crippen LogP contribution in [0.15, 0.2) is 18.2 Å². The maximum atomic E-state index is 12.5. The van der Waals surface area contributed by atoms with Crippen molar-refractivity contribution in [2.45, 2.75) is 6.18 Å². The molecule has 0 spiro atoms. The fourth-order valence-electron chi connectivity index (χ4n) is 1.33. The number of nitrogens with zero attached hydrogens (tertiary/aromatic N) is 1. The molecule has 0 radical (unpaired) electrons. The number of methoxy groups -OCH3 is 1. The number of ether oxygens (including phenoxy) is 1. The second-order valence-electron chi connectivity index (χ2n) is 2.98. The van der Waals surface area contributed by atoms with Crippen molar-refractivity contribution in [2.24, 2.45) is 0 Å². The summed E-state index contributed by atoms with van der Waals surface area (Å²) in [7, 11) is 1.40. The zero-order valence-corrected chi connectivity index (χ0v) is 7.72. The number of aromatic nitrogens is 2. The van der Waals surface area contributed by atoms with Gasteiger partial charge in [0.2, 0.25) is 0 Å². The molecule has 0 saturated heterocycles. The summed E-state index contributed by atoms with van der Waals surface area (Å²) in [6.45, 7) is 0. The van der Waals surface area contributed by atoms with Crippen molar-refractivity contribution in [1.82, 2.24) is 10.2 Å². The molecule has 15 heavy (non-hydrogen) atoms. The minimum atomic E-state index is -4.43. The molecule has 80 valence electrons. The number of halogens is 3. The fraction of sp³-hybridized carbons (Fsp3) is 0.222. The van der Waals surface area contributed by atoms with Crippen LogP contribution in [-0.2, 0) is 6.18 Å². The van der Waals surface area contributed by atoms with E-state index >= 15 is 0 Å². The van der Waals surface area contributed by atoms with Crippen molar-refractivity contribution < 1.29 is 17.9 Å². The number of H-pyrrole nitrogens is 1. The first-order chi connectivity index (χ1) is 7.02. The van der Waals surface area contributed by atoms with Crippen molar-refractivity contribution in [3.63, 3.8) is 0 Å². The molecule has 0 aliphatic rings. The van der Waals surface area contributed by atoms with Crippen LogP contribution in [0.5, 0.6) is 5.75 Å². The summed E-state index contributed by atoms with van der Waals surface area (Å²) in [5, 5.41) is 5.55. The molecular weight excluding hydrogens is 209 g/mol. The van der Waals surface area contributed by atoms with Gasteiger partial charge in [-0.3, -0.25) is 5.10 Å². The summed E-state index contributed by atoms with van der Waals surface area (Å²) in [4.78, 5) is 0. The Hall–Kier alpha value is -1.72. The summed E-state index contributed by atoms with van der Waals surface area (Å²) in [6.07, 6.45) is -4.43. The van der Waals surface area contributed by atoms with E-state index in [4.69, 9.17) is 4.74 Å². The van der Waals surface area contributed by atoms with Gasteiger partial charge in [0.15, 0.2) is 0 Å². The third-order valence-electron chi connectivity index (χ3n) is 2.04. The van der Waals surface area contributed by atoms with Crippen molar-refractivity contribution in [2.75, 3.05) is 7.11 Å². The van der Waals surface area contributed by atoms with Gasteiger partial charge in [-0.25, -0.2) is 0 Å². The van der Waals surface area contributed by atoms with Gasteiger partial charge in [-0.2, -0.15) is 18.3 Å². The van der Waals surface area contributed by atoms with Gasteiger partial charge >= 0.3 is 6.18 Å². The van der Waals surface area contributed by atoms with Crippen LogP contribution in [0.4, 0.5) is 13.2 Å². The van der Waals surface area contributed by atoms with Crippen LogP contribution in [0.1, 0.15) is 5.69 Å². The molecule has 0 unspecified atom stereocenters. The average molecular weight is 216 g/mol. The number of fused-ring (bicyclic) bond motifs is 1. The molecule has 0 amide bonds. The van der Waals surface area contributed by atoms with Gasteiger partial charge in [-0.05, 0) is 18.2 Å². The zero-order valence-electron chi connectivity index (χ0n) is 7.72. The molecule has 6 heteroatoms. The maximum Gasteiger partial charge on any atom is 0.433 e. The lowest BCUT2D eigenvalue weighted by Gasteiger charge is -2.04. The van der Waals surface area contributed by atoms with E-state index in [1.165, 1.54) is 19.2 Å². The molecule has 0 saturated carbocycles. The number of benzene rings is 1. The summed E-state index contributed by atoms with van der Waals surface area (Å²) in [6, 6.07) is 4.34. The van der Waals surface area contributed by atoms with E-state index in [2.05, 4.69) is 5.10 Å². The first-order valence-electron chi connectivity index (χ1n) is 4.11. The lowest BCUT2D eigenvalue weighted by Crippen LogP contribution is -2.05. The van der Waals surface area contributed by atoms with Gasteiger partial charge in [0.25, 0.3) is 0 Å². The molecule has 0 bridgehead atoms. The molecule has 1 aromatic carbocycles. The van der Waals surface area contributed by atoms with E-state index in [0.29, 0.717) is 5.75 Å². The average Bonchev–Trinajstić information content (AvgIpc) is 2.59. The van der Waals surface area contributed by atoms with Gasteiger partial charge < -0.3 is 4.74 Å². The van der Waals surface area contributed by atoms with Crippen LogP contribution in [0.2, 0.25) is 0 Å². The Bertz CT molecular complexity index is 490. The highest BCUT2D eigenvalue weighted by Gasteiger charge is 2.35. The van der Waals surface area contributed by atoms with Crippen LogP contribution in [0.3, 0.4) is 0 Å². The standard InChI is InChI=1S/C9H7F3N2O/c1-15-5-2-3-7-6(4-5)8(14-13-7)9(10,11)12/h2-4H,1H3,(H,13,14). The molecule has 0 aliphatic carbocycles. The molecule has 3 nitrogen and oxygen atoms in total. The number of rotatable bonds is 1. The Kier molecular flexibility index (Phi) is 2.06. The Morgan fingerprint density at radius 1 is 1.33 bits per heavy atom. The molecular formula is C9H7F3N2O. The Balaban J connectivity index is 2.67. The smallest absolute Gasteiger partial charge is 0.433 e. The number of hydrogen-bond acceptors (Lipinski definition) is 2. The number of nitrogens with one attached hydrogen (secondary N) is 1. The van der Waals surface area contributed by atoms with Crippen LogP contribution < -0.4 is 4.74 Å². The largest absolute Gasteiger partial charge is 0.497 e. The quantitative estimate of drug-likeness (QED) is 0.795. The molecule has 1 heterocycles. The Labute approximate surface area is 82.9 Å². The molecule has 1 N–H and O–H groups in total. The summed E-state index contributed by atoms with van der Waals surface area (Å²) in [5.41, 5.74) is -0.584. The summed E-state index contributed by atoms with van der Waals surface area (Å²) < 4.78 is 42.3. The third-order valence-corrected chi connectivity index (χ3v) is 2.04. The van der Waals surface area contributed by atoms with Gasteiger partial charge in [0.05, 0.1) is 12.6 Å². The highest BCUT2D eigenvalue weighted by atomic mass is 19.4. The van der Waals surface area contributed by atoms with Crippen molar-refractivity contribution >= 4 is 10.9 Å². The van der Waals surface area contributed by atoms with Crippen LogP contribution in [0, 0.1) is 0 Å². The molecule has 0 fully saturated rings. The topological polar surface area (TPSA) is 37.9 Å². The first kappa shape index (κ1) is 9.82. The van der Waals surface area contributed by atoms with Crippen molar-refractivity contribution in [3.05, 3.63) is 23.9 Å². The monoisotopic (exact) mass is 216 g/mol. The lowest BCUT2D eigenvalue weighted by molar-refractivity contribution is -0.139. The lowest BCUT2D eigenvalue weighted by atomic mass is 10.2. The fourth-order valence-corrected chi connectivity index (χ4v) is 1.33. The predicted octanol–water partition coefficient (Wildman–Crippen LogP) is 2.59. The number of hydrogen-bond donors (Lipinski definition) is 1. The highest BCUT2D eigenvalue weighted by Crippen LogP contribution is 2.34. The van der Waals surface area contributed by atoms with Gasteiger partial charge in [-0.1, -0.05) is 0 Å². The van der Waals surface area contributed by atoms with Crippen LogP contribution in [-0.4, -0.2) is 17.3 Å². The maximum absolute atomic E-state index is 12.5. The van der Waals surface area contributed by atoms with E-state index in [1.54, 1.807) is 6.07 Å². The minimum Gasteiger partial charge on any atom is -0.497 e. The first-order valence-corrected chi connectivity index (χ1v) is 4.11. The van der Waals surface area contributed by atoms with E-state index in [9.17, 15) is 13.2 Å². The highest BCUT2D eigenvalue weighted by molar-refractivity contribution is 5.83. The van der Waals surface area contributed by atoms with E-state index < -0.39 is 11.9 Å². The van der Waals surface area contributed by atoms with Crippen molar-refractivity contribution in [3.8, 4) is 5.75 Å². The third kappa shape index (κ3) is 1.62. The molecule has 2 rings (SSSR count). The normalized spacial score (nSPS) is 12.0. The Morgan fingerprint density at radius 3 is 2.67 bits per heavy atom. The summed E-state index contributed by atoms with van der Waals surface area (Å²) in [5.74, 6) is 0.370. The zero-order chi connectivity index (χ0) is 11.1. The SMILES string of the molecule is COc1ccc2n[nH]c(C(F)(F)F)c2c1. The van der Waals surface area contributed by atoms with E-state index in [1.807, 2.05) is 5.10 Å². The molecule has 2 aromatic rings. The van der Waals surface area contributed by atoms with Crippen LogP contribution >= 0.6 is 0 Å². The van der Waals surface area contributed by atoms with Crippen molar-refractivity contribution in [1.29, 1.82) is 0 Å². The van der Waals surface area contributed by atoms with Gasteiger partial charge in [0, 0.05) is 5.39 Å².